The van der Waals surface area contributed by atoms with E-state index >= 15 is 0 Å². The summed E-state index contributed by atoms with van der Waals surface area (Å²) >= 11 is 3.35. The van der Waals surface area contributed by atoms with E-state index in [1.54, 1.807) is 33.4 Å². The summed E-state index contributed by atoms with van der Waals surface area (Å²) in [4.78, 5) is 8.81. The van der Waals surface area contributed by atoms with Crippen LogP contribution in [0.2, 0.25) is 0 Å². The number of ether oxygens (including phenoxy) is 2. The normalized spacial score (nSPS) is 10.4. The second kappa shape index (κ2) is 4.75. The Kier molecular flexibility index (Phi) is 3.33. The number of nitrogens with one attached hydrogen (secondary N) is 1. The van der Waals surface area contributed by atoms with Crippen molar-refractivity contribution in [3.63, 3.8) is 0 Å². The Labute approximate surface area is 107 Å². The average Bonchev–Trinajstić information content (AvgIpc) is 2.36. The third kappa shape index (κ3) is 2.12. The van der Waals surface area contributed by atoms with Crippen LogP contribution in [-0.4, -0.2) is 31.2 Å². The first kappa shape index (κ1) is 11.9. The van der Waals surface area contributed by atoms with Crippen molar-refractivity contribution in [2.75, 3.05) is 26.6 Å². The van der Waals surface area contributed by atoms with Gasteiger partial charge in [0.1, 0.15) is 4.60 Å². The maximum atomic E-state index is 5.22. The van der Waals surface area contributed by atoms with Crippen LogP contribution in [0.5, 0.6) is 11.5 Å². The van der Waals surface area contributed by atoms with Gasteiger partial charge in [0, 0.05) is 19.2 Å². The van der Waals surface area contributed by atoms with Gasteiger partial charge in [-0.2, -0.15) is 0 Å². The highest BCUT2D eigenvalue weighted by molar-refractivity contribution is 9.10. The number of hydrogen-bond donors (Lipinski definition) is 1. The Morgan fingerprint density at radius 3 is 2.06 bits per heavy atom. The first-order chi connectivity index (χ1) is 8.19. The number of fused-ring (bicyclic) bond motifs is 1. The van der Waals surface area contributed by atoms with Gasteiger partial charge in [0.25, 0.3) is 0 Å². The van der Waals surface area contributed by atoms with Gasteiger partial charge in [-0.15, -0.1) is 0 Å². The van der Waals surface area contributed by atoms with Gasteiger partial charge in [-0.3, -0.25) is 0 Å². The largest absolute Gasteiger partial charge is 0.493 e. The Balaban J connectivity index is 2.70. The molecule has 2 rings (SSSR count). The van der Waals surface area contributed by atoms with Crippen molar-refractivity contribution in [1.29, 1.82) is 0 Å². The van der Waals surface area contributed by atoms with Crippen LogP contribution in [0, 0.1) is 0 Å². The zero-order valence-corrected chi connectivity index (χ0v) is 11.3. The van der Waals surface area contributed by atoms with Crippen LogP contribution in [0.25, 0.3) is 11.0 Å². The van der Waals surface area contributed by atoms with Crippen LogP contribution in [0.15, 0.2) is 16.7 Å². The average molecular weight is 298 g/mol. The second-order valence-electron chi connectivity index (χ2n) is 3.31. The van der Waals surface area contributed by atoms with Gasteiger partial charge in [-0.05, 0) is 15.9 Å². The Morgan fingerprint density at radius 1 is 1.06 bits per heavy atom. The monoisotopic (exact) mass is 297 g/mol. The van der Waals surface area contributed by atoms with E-state index in [1.807, 2.05) is 0 Å². The highest BCUT2D eigenvalue weighted by Crippen LogP contribution is 2.32. The van der Waals surface area contributed by atoms with Crippen LogP contribution >= 0.6 is 15.9 Å². The highest BCUT2D eigenvalue weighted by Gasteiger charge is 2.10. The number of hydrogen-bond acceptors (Lipinski definition) is 5. The van der Waals surface area contributed by atoms with Crippen molar-refractivity contribution < 1.29 is 9.47 Å². The molecule has 0 spiro atoms. The lowest BCUT2D eigenvalue weighted by molar-refractivity contribution is 0.355. The maximum Gasteiger partial charge on any atom is 0.163 e. The molecule has 0 saturated carbocycles. The fourth-order valence-corrected chi connectivity index (χ4v) is 2.00. The van der Waals surface area contributed by atoms with Crippen LogP contribution < -0.4 is 14.8 Å². The minimum atomic E-state index is 0.637. The van der Waals surface area contributed by atoms with Crippen molar-refractivity contribution in [1.82, 2.24) is 9.97 Å². The predicted molar refractivity (Wildman–Crippen MR) is 69.9 cm³/mol. The van der Waals surface area contributed by atoms with E-state index in [0.29, 0.717) is 21.9 Å². The molecule has 0 aliphatic carbocycles. The topological polar surface area (TPSA) is 56.3 Å². The summed E-state index contributed by atoms with van der Waals surface area (Å²) in [7, 11) is 4.98. The lowest BCUT2D eigenvalue weighted by atomic mass is 10.2. The van der Waals surface area contributed by atoms with Crippen LogP contribution in [0.1, 0.15) is 0 Å². The summed E-state index contributed by atoms with van der Waals surface area (Å²) in [6, 6.07) is 3.60. The van der Waals surface area contributed by atoms with E-state index in [2.05, 4.69) is 31.2 Å². The van der Waals surface area contributed by atoms with Crippen LogP contribution in [0.3, 0.4) is 0 Å². The smallest absolute Gasteiger partial charge is 0.163 e. The van der Waals surface area contributed by atoms with Gasteiger partial charge >= 0.3 is 0 Å². The molecule has 1 heterocycles. The molecule has 0 aliphatic heterocycles. The molecule has 2 aromatic rings. The maximum absolute atomic E-state index is 5.22. The molecule has 0 fully saturated rings. The van der Waals surface area contributed by atoms with E-state index in [9.17, 15) is 0 Å². The Hall–Kier alpha value is -1.56. The molecule has 0 radical (unpaired) electrons. The number of halogens is 1. The first-order valence-electron chi connectivity index (χ1n) is 4.96. The molecule has 0 amide bonds. The lowest BCUT2D eigenvalue weighted by Crippen LogP contribution is -1.98. The minimum absolute atomic E-state index is 0.637. The molecule has 0 saturated heterocycles. The van der Waals surface area contributed by atoms with E-state index in [0.717, 1.165) is 11.0 Å². The molecule has 0 aliphatic rings. The lowest BCUT2D eigenvalue weighted by Gasteiger charge is -2.09. The van der Waals surface area contributed by atoms with Crippen molar-refractivity contribution in [2.24, 2.45) is 0 Å². The van der Waals surface area contributed by atoms with Gasteiger partial charge in [-0.1, -0.05) is 0 Å². The van der Waals surface area contributed by atoms with Crippen molar-refractivity contribution in [3.05, 3.63) is 16.7 Å². The number of rotatable bonds is 3. The second-order valence-corrected chi connectivity index (χ2v) is 4.06. The Bertz CT molecular complexity index is 560. The number of anilines is 1. The zero-order valence-electron chi connectivity index (χ0n) is 9.74. The fraction of sp³-hybridized carbons (Fsp3) is 0.273. The number of methoxy groups -OCH3 is 2. The Morgan fingerprint density at radius 2 is 1.59 bits per heavy atom. The molecule has 0 bridgehead atoms. The molecule has 90 valence electrons. The van der Waals surface area contributed by atoms with E-state index in [-0.39, 0.29) is 0 Å². The molecule has 5 nitrogen and oxygen atoms in total. The van der Waals surface area contributed by atoms with Crippen molar-refractivity contribution >= 4 is 32.8 Å². The minimum Gasteiger partial charge on any atom is -0.493 e. The van der Waals surface area contributed by atoms with Crippen LogP contribution in [-0.2, 0) is 0 Å². The van der Waals surface area contributed by atoms with E-state index < -0.39 is 0 Å². The zero-order chi connectivity index (χ0) is 12.4. The van der Waals surface area contributed by atoms with E-state index in [4.69, 9.17) is 9.47 Å². The molecule has 1 aromatic carbocycles. The third-order valence-electron chi connectivity index (χ3n) is 2.36. The van der Waals surface area contributed by atoms with Crippen molar-refractivity contribution in [3.8, 4) is 11.5 Å². The van der Waals surface area contributed by atoms with Gasteiger partial charge in [0.05, 0.1) is 25.3 Å². The quantitative estimate of drug-likeness (QED) is 0.943. The number of benzene rings is 1. The number of aromatic nitrogens is 2. The molecule has 0 atom stereocenters. The summed E-state index contributed by atoms with van der Waals surface area (Å²) in [6.07, 6.45) is 0. The van der Waals surface area contributed by atoms with Gasteiger partial charge < -0.3 is 14.8 Å². The van der Waals surface area contributed by atoms with E-state index in [1.165, 1.54) is 0 Å². The molecule has 1 N–H and O–H groups in total. The summed E-state index contributed by atoms with van der Waals surface area (Å²) in [5.74, 6) is 1.96. The summed E-state index contributed by atoms with van der Waals surface area (Å²) in [5.41, 5.74) is 1.49. The standard InChI is InChI=1S/C11H12BrN3O2/c1-13-11-10(12)14-6-4-8(16-2)9(17-3)5-7(6)15-11/h4-5H,1-3H3,(H,13,15). The fourth-order valence-electron chi connectivity index (χ4n) is 1.52. The highest BCUT2D eigenvalue weighted by atomic mass is 79.9. The van der Waals surface area contributed by atoms with Gasteiger partial charge in [-0.25, -0.2) is 9.97 Å². The molecule has 1 aromatic heterocycles. The molecule has 0 unspecified atom stereocenters. The van der Waals surface area contributed by atoms with Crippen LogP contribution in [0.4, 0.5) is 5.82 Å². The van der Waals surface area contributed by atoms with Gasteiger partial charge in [0.2, 0.25) is 0 Å². The molecular weight excluding hydrogens is 286 g/mol. The predicted octanol–water partition coefficient (Wildman–Crippen LogP) is 2.45. The molecule has 6 heteroatoms. The van der Waals surface area contributed by atoms with Gasteiger partial charge in [0.15, 0.2) is 17.3 Å². The summed E-state index contributed by atoms with van der Waals surface area (Å²) in [5, 5.41) is 2.96. The summed E-state index contributed by atoms with van der Waals surface area (Å²) in [6.45, 7) is 0. The first-order valence-corrected chi connectivity index (χ1v) is 5.76. The molecular formula is C11H12BrN3O2. The number of nitrogens with zero attached hydrogens (tertiary/aromatic N) is 2. The third-order valence-corrected chi connectivity index (χ3v) is 2.92. The SMILES string of the molecule is CNc1nc2cc(OC)c(OC)cc2nc1Br. The molecule has 17 heavy (non-hydrogen) atoms. The van der Waals surface area contributed by atoms with Crippen molar-refractivity contribution in [2.45, 2.75) is 0 Å². The summed E-state index contributed by atoms with van der Waals surface area (Å²) < 4.78 is 11.1.